The van der Waals surface area contributed by atoms with Crippen LogP contribution in [0.15, 0.2) is 0 Å². The van der Waals surface area contributed by atoms with Crippen LogP contribution in [-0.4, -0.2) is 29.4 Å². The normalized spacial score (nSPS) is 25.9. The highest BCUT2D eigenvalue weighted by Crippen LogP contribution is 2.17. The maximum atomic E-state index is 11.6. The molecule has 1 fully saturated rings. The fourth-order valence-electron chi connectivity index (χ4n) is 1.65. The first-order chi connectivity index (χ1) is 5.66. The lowest BCUT2D eigenvalue weighted by atomic mass is 10.2. The highest BCUT2D eigenvalue weighted by atomic mass is 16.2. The summed E-state index contributed by atoms with van der Waals surface area (Å²) in [5.74, 6) is 0.127. The lowest BCUT2D eigenvalue weighted by Crippen LogP contribution is -2.44. The van der Waals surface area contributed by atoms with Crippen molar-refractivity contribution in [2.75, 3.05) is 6.54 Å². The monoisotopic (exact) mass is 170 g/mol. The van der Waals surface area contributed by atoms with Gasteiger partial charge in [0.15, 0.2) is 0 Å². The van der Waals surface area contributed by atoms with E-state index in [0.717, 1.165) is 25.8 Å². The molecular formula is C9H18N2O. The van der Waals surface area contributed by atoms with Crippen LogP contribution in [0.25, 0.3) is 0 Å². The van der Waals surface area contributed by atoms with Crippen molar-refractivity contribution in [2.24, 2.45) is 5.73 Å². The summed E-state index contributed by atoms with van der Waals surface area (Å²) < 4.78 is 0. The van der Waals surface area contributed by atoms with Crippen molar-refractivity contribution in [1.82, 2.24) is 4.90 Å². The highest BCUT2D eigenvalue weighted by molar-refractivity contribution is 5.82. The number of hydrogen-bond acceptors (Lipinski definition) is 2. The van der Waals surface area contributed by atoms with Crippen LogP contribution in [0, 0.1) is 0 Å². The molecule has 0 aromatic heterocycles. The van der Waals surface area contributed by atoms with E-state index in [-0.39, 0.29) is 11.9 Å². The summed E-state index contributed by atoms with van der Waals surface area (Å²) in [6.07, 6.45) is 2.99. The molecule has 3 nitrogen and oxygen atoms in total. The van der Waals surface area contributed by atoms with E-state index in [2.05, 4.69) is 6.92 Å². The Morgan fingerprint density at radius 2 is 2.42 bits per heavy atom. The van der Waals surface area contributed by atoms with E-state index in [1.54, 1.807) is 0 Å². The molecule has 0 aromatic carbocycles. The molecular weight excluding hydrogens is 152 g/mol. The number of carbonyl (C=O) groups is 1. The molecule has 2 N–H and O–H groups in total. The molecule has 0 radical (unpaired) electrons. The second-order valence-corrected chi connectivity index (χ2v) is 3.54. The lowest BCUT2D eigenvalue weighted by Gasteiger charge is -2.24. The van der Waals surface area contributed by atoms with Gasteiger partial charge in [-0.25, -0.2) is 0 Å². The van der Waals surface area contributed by atoms with Gasteiger partial charge in [-0.3, -0.25) is 4.79 Å². The SMILES string of the molecule is CC[C@@H](N)C(=O)N1CCCC1C. The van der Waals surface area contributed by atoms with Crippen LogP contribution in [0.1, 0.15) is 33.1 Å². The summed E-state index contributed by atoms with van der Waals surface area (Å²) in [6, 6.07) is 0.112. The van der Waals surface area contributed by atoms with Gasteiger partial charge in [0.2, 0.25) is 5.91 Å². The maximum Gasteiger partial charge on any atom is 0.239 e. The second-order valence-electron chi connectivity index (χ2n) is 3.54. The van der Waals surface area contributed by atoms with E-state index in [1.165, 1.54) is 0 Å². The quantitative estimate of drug-likeness (QED) is 0.664. The van der Waals surface area contributed by atoms with Gasteiger partial charge in [-0.2, -0.15) is 0 Å². The zero-order chi connectivity index (χ0) is 9.14. The number of carbonyl (C=O) groups excluding carboxylic acids is 1. The molecule has 1 unspecified atom stereocenters. The van der Waals surface area contributed by atoms with Crippen LogP contribution < -0.4 is 5.73 Å². The smallest absolute Gasteiger partial charge is 0.239 e. The van der Waals surface area contributed by atoms with Crippen molar-refractivity contribution in [3.05, 3.63) is 0 Å². The first-order valence-electron chi connectivity index (χ1n) is 4.73. The molecule has 1 rings (SSSR count). The fraction of sp³-hybridized carbons (Fsp3) is 0.889. The maximum absolute atomic E-state index is 11.6. The van der Waals surface area contributed by atoms with Gasteiger partial charge in [-0.1, -0.05) is 6.92 Å². The molecule has 0 aliphatic carbocycles. The molecule has 12 heavy (non-hydrogen) atoms. The molecule has 1 aliphatic rings. The van der Waals surface area contributed by atoms with Crippen LogP contribution in [-0.2, 0) is 4.79 Å². The molecule has 3 heteroatoms. The van der Waals surface area contributed by atoms with Gasteiger partial charge in [0.05, 0.1) is 6.04 Å². The van der Waals surface area contributed by atoms with Crippen LogP contribution in [0.4, 0.5) is 0 Å². The van der Waals surface area contributed by atoms with E-state index in [1.807, 2.05) is 11.8 Å². The third kappa shape index (κ3) is 1.78. The van der Waals surface area contributed by atoms with Crippen LogP contribution in [0.5, 0.6) is 0 Å². The van der Waals surface area contributed by atoms with Gasteiger partial charge >= 0.3 is 0 Å². The minimum absolute atomic E-state index is 0.127. The molecule has 0 aromatic rings. The summed E-state index contributed by atoms with van der Waals surface area (Å²) in [5, 5.41) is 0. The van der Waals surface area contributed by atoms with Gasteiger partial charge in [0, 0.05) is 12.6 Å². The average Bonchev–Trinajstić information content (AvgIpc) is 2.48. The topological polar surface area (TPSA) is 46.3 Å². The molecule has 70 valence electrons. The van der Waals surface area contributed by atoms with E-state index in [4.69, 9.17) is 5.73 Å². The Balaban J connectivity index is 2.51. The minimum Gasteiger partial charge on any atom is -0.339 e. The minimum atomic E-state index is -0.287. The molecule has 0 saturated carbocycles. The summed E-state index contributed by atoms with van der Waals surface area (Å²) >= 11 is 0. The first-order valence-corrected chi connectivity index (χ1v) is 4.73. The van der Waals surface area contributed by atoms with Crippen molar-refractivity contribution in [3.63, 3.8) is 0 Å². The number of hydrogen-bond donors (Lipinski definition) is 1. The Morgan fingerprint density at radius 3 is 2.83 bits per heavy atom. The van der Waals surface area contributed by atoms with Crippen molar-refractivity contribution < 1.29 is 4.79 Å². The Morgan fingerprint density at radius 1 is 1.75 bits per heavy atom. The van der Waals surface area contributed by atoms with E-state index in [9.17, 15) is 4.79 Å². The average molecular weight is 170 g/mol. The van der Waals surface area contributed by atoms with E-state index < -0.39 is 0 Å². The van der Waals surface area contributed by atoms with Crippen molar-refractivity contribution >= 4 is 5.91 Å². The van der Waals surface area contributed by atoms with Gasteiger partial charge in [-0.05, 0) is 26.2 Å². The van der Waals surface area contributed by atoms with E-state index >= 15 is 0 Å². The molecule has 1 aliphatic heterocycles. The Hall–Kier alpha value is -0.570. The number of amides is 1. The van der Waals surface area contributed by atoms with Crippen LogP contribution in [0.3, 0.4) is 0 Å². The summed E-state index contributed by atoms with van der Waals surface area (Å²) in [7, 11) is 0. The Kier molecular flexibility index (Phi) is 3.09. The number of likely N-dealkylation sites (tertiary alicyclic amines) is 1. The molecule has 0 spiro atoms. The number of nitrogens with zero attached hydrogens (tertiary/aromatic N) is 1. The summed E-state index contributed by atoms with van der Waals surface area (Å²) in [5.41, 5.74) is 5.67. The third-order valence-corrected chi connectivity index (χ3v) is 2.59. The first kappa shape index (κ1) is 9.52. The lowest BCUT2D eigenvalue weighted by molar-refractivity contribution is -0.133. The zero-order valence-corrected chi connectivity index (χ0v) is 7.92. The summed E-state index contributed by atoms with van der Waals surface area (Å²) in [6.45, 7) is 4.93. The molecule has 1 heterocycles. The van der Waals surface area contributed by atoms with Crippen molar-refractivity contribution in [1.29, 1.82) is 0 Å². The van der Waals surface area contributed by atoms with Crippen molar-refractivity contribution in [2.45, 2.75) is 45.2 Å². The van der Waals surface area contributed by atoms with Gasteiger partial charge < -0.3 is 10.6 Å². The predicted molar refractivity (Wildman–Crippen MR) is 48.7 cm³/mol. The van der Waals surface area contributed by atoms with Gasteiger partial charge in [0.25, 0.3) is 0 Å². The zero-order valence-electron chi connectivity index (χ0n) is 7.92. The van der Waals surface area contributed by atoms with Crippen molar-refractivity contribution in [3.8, 4) is 0 Å². The fourth-order valence-corrected chi connectivity index (χ4v) is 1.65. The molecule has 0 bridgehead atoms. The van der Waals surface area contributed by atoms with Gasteiger partial charge in [0.1, 0.15) is 0 Å². The molecule has 1 saturated heterocycles. The Labute approximate surface area is 73.9 Å². The number of rotatable bonds is 2. The third-order valence-electron chi connectivity index (χ3n) is 2.59. The second kappa shape index (κ2) is 3.90. The van der Waals surface area contributed by atoms with Crippen LogP contribution >= 0.6 is 0 Å². The van der Waals surface area contributed by atoms with E-state index in [0.29, 0.717) is 6.04 Å². The molecule has 2 atom stereocenters. The number of nitrogens with two attached hydrogens (primary N) is 1. The summed E-state index contributed by atoms with van der Waals surface area (Å²) in [4.78, 5) is 13.5. The predicted octanol–water partition coefficient (Wildman–Crippen LogP) is 0.735. The standard InChI is InChI=1S/C9H18N2O/c1-3-8(10)9(12)11-6-4-5-7(11)2/h7-8H,3-6,10H2,1-2H3/t7?,8-/m1/s1. The van der Waals surface area contributed by atoms with Gasteiger partial charge in [-0.15, -0.1) is 0 Å². The highest BCUT2D eigenvalue weighted by Gasteiger charge is 2.27. The largest absolute Gasteiger partial charge is 0.339 e. The van der Waals surface area contributed by atoms with Crippen LogP contribution in [0.2, 0.25) is 0 Å². The molecule has 1 amide bonds. The Bertz CT molecular complexity index is 170.